The summed E-state index contributed by atoms with van der Waals surface area (Å²) in [6.07, 6.45) is 29.6. The molecule has 0 unspecified atom stereocenters. The van der Waals surface area contributed by atoms with Crippen molar-refractivity contribution in [3.05, 3.63) is 0 Å². The summed E-state index contributed by atoms with van der Waals surface area (Å²) in [5.74, 6) is -1.82. The number of unbranched alkanes of at least 4 members (excludes halogenated alkanes) is 19. The quantitative estimate of drug-likeness (QED) is 0.0594. The fraction of sp³-hybridized carbons (Fsp3) is 0.944. The van der Waals surface area contributed by atoms with Crippen LogP contribution in [0.5, 0.6) is 0 Å². The monoisotopic (exact) mass is 722 g/mol. The van der Waals surface area contributed by atoms with Crippen molar-refractivity contribution in [3.63, 3.8) is 0 Å². The van der Waals surface area contributed by atoms with Crippen LogP contribution in [0.4, 0.5) is 0 Å². The molecule has 0 bridgehead atoms. The summed E-state index contributed by atoms with van der Waals surface area (Å²) >= 11 is 0.149. The number of rotatable bonds is 29. The van der Waals surface area contributed by atoms with Gasteiger partial charge in [0.25, 0.3) is 0 Å². The number of carbonyl (C=O) groups is 2. The van der Waals surface area contributed by atoms with Crippen LogP contribution < -0.4 is 10.2 Å². The van der Waals surface area contributed by atoms with Gasteiger partial charge in [0.15, 0.2) is 0 Å². The average molecular weight is 722 g/mol. The van der Waals surface area contributed by atoms with Crippen molar-refractivity contribution in [2.45, 2.75) is 204 Å². The van der Waals surface area contributed by atoms with Crippen molar-refractivity contribution in [3.8, 4) is 0 Å². The Kier molecular flexibility index (Phi) is 59.0. The van der Waals surface area contributed by atoms with Crippen molar-refractivity contribution in [2.24, 2.45) is 0 Å². The van der Waals surface area contributed by atoms with Gasteiger partial charge in [-0.2, -0.15) is 0 Å². The Bertz CT molecular complexity index is 448. The van der Waals surface area contributed by atoms with Crippen LogP contribution >= 0.6 is 0 Å². The molecule has 0 saturated heterocycles. The van der Waals surface area contributed by atoms with Crippen LogP contribution in [0, 0.1) is 0 Å². The first-order valence-corrected chi connectivity index (χ1v) is 22.2. The van der Waals surface area contributed by atoms with E-state index in [1.807, 2.05) is 0 Å². The average Bonchev–Trinajstić information content (AvgIpc) is 2.99. The molecule has 0 spiro atoms. The topological polar surface area (TPSA) is 121 Å². The van der Waals surface area contributed by atoms with Crippen molar-refractivity contribution in [2.75, 3.05) is 13.2 Å². The summed E-state index contributed by atoms with van der Waals surface area (Å²) in [4.78, 5) is 20.2. The Morgan fingerprint density at radius 3 is 0.907 bits per heavy atom. The van der Waals surface area contributed by atoms with Crippen molar-refractivity contribution >= 4 is 33.1 Å². The van der Waals surface area contributed by atoms with Gasteiger partial charge in [0, 0.05) is 25.2 Å². The number of hydrogen-bond donors (Lipinski definition) is 2. The minimum Gasteiger partial charge on any atom is -0.396 e. The molecule has 2 N–H and O–H groups in total. The van der Waals surface area contributed by atoms with Crippen molar-refractivity contribution in [1.82, 2.24) is 0 Å². The third-order valence-corrected chi connectivity index (χ3v) is 11.0. The van der Waals surface area contributed by atoms with Gasteiger partial charge in [0.05, 0.1) is 0 Å². The molecule has 0 rings (SSSR count). The van der Waals surface area contributed by atoms with Gasteiger partial charge in [-0.15, -0.1) is 0 Å². The van der Waals surface area contributed by atoms with E-state index < -0.39 is 11.9 Å². The Morgan fingerprint density at radius 2 is 0.674 bits per heavy atom. The van der Waals surface area contributed by atoms with E-state index in [0.717, 1.165) is 38.5 Å². The smallest absolute Gasteiger partial charge is 0.0431 e. The molecule has 0 aromatic rings. The molecule has 258 valence electrons. The van der Waals surface area contributed by atoms with Crippen LogP contribution in [-0.2, 0) is 9.59 Å². The molecule has 0 aromatic heterocycles. The minimum atomic E-state index is -0.909. The zero-order valence-corrected chi connectivity index (χ0v) is 32.1. The SMILES string of the molecule is CCCCCCCCCCCC(=O)[O-].CCCCCCCCCCCC(=O)[O-].CCC[CH2][Sn+2][CH2]CCC.OCCCCO. The van der Waals surface area contributed by atoms with Gasteiger partial charge < -0.3 is 30.0 Å². The van der Waals surface area contributed by atoms with Gasteiger partial charge in [-0.05, 0) is 38.5 Å². The molecule has 7 heteroatoms. The third-order valence-electron chi connectivity index (χ3n) is 6.95. The summed E-state index contributed by atoms with van der Waals surface area (Å²) in [5, 5.41) is 36.4. The van der Waals surface area contributed by atoms with Crippen LogP contribution in [0.2, 0.25) is 8.87 Å². The molecule has 0 fully saturated rings. The van der Waals surface area contributed by atoms with Gasteiger partial charge in [-0.25, -0.2) is 0 Å². The molecule has 0 saturated carbocycles. The van der Waals surface area contributed by atoms with Crippen LogP contribution in [0.15, 0.2) is 0 Å². The van der Waals surface area contributed by atoms with Gasteiger partial charge in [0.1, 0.15) is 0 Å². The molecule has 0 amide bonds. The Balaban J connectivity index is -0.000000247. The molecule has 0 radical (unpaired) electrons. The standard InChI is InChI=1S/2C12H24O2.C4H10O2.2C4H9.Sn/c2*1-2-3-4-5-6-7-8-9-10-11-12(13)14;5-3-1-2-4-6;2*1-3-4-2;/h2*2-11H2,1H3,(H,13,14);5-6H,1-4H2;2*1,3-4H2,2H3;/q;;;;;+2/p-2. The molecule has 0 aliphatic rings. The first-order valence-electron chi connectivity index (χ1n) is 18.2. The summed E-state index contributed by atoms with van der Waals surface area (Å²) < 4.78 is 3.25. The largest absolute Gasteiger partial charge is 0.396 e. The molecule has 0 heterocycles. The molecular formula is C36H74O6Sn. The molecule has 0 aromatic carbocycles. The van der Waals surface area contributed by atoms with Crippen LogP contribution in [0.3, 0.4) is 0 Å². The van der Waals surface area contributed by atoms with E-state index in [1.165, 1.54) is 116 Å². The number of carboxylic acid groups (broad SMARTS) is 2. The maximum Gasteiger partial charge on any atom is 0.0431 e. The normalized spacial score (nSPS) is 9.91. The number of aliphatic carboxylic acids is 2. The van der Waals surface area contributed by atoms with Gasteiger partial charge >= 0.3 is 69.5 Å². The van der Waals surface area contributed by atoms with Gasteiger partial charge in [-0.3, -0.25) is 0 Å². The summed E-state index contributed by atoms with van der Waals surface area (Å²) in [6, 6.07) is 0. The van der Waals surface area contributed by atoms with Gasteiger partial charge in [-0.1, -0.05) is 117 Å². The summed E-state index contributed by atoms with van der Waals surface area (Å²) in [6.45, 7) is 9.42. The number of aliphatic hydroxyl groups is 2. The van der Waals surface area contributed by atoms with E-state index in [2.05, 4.69) is 27.7 Å². The predicted octanol–water partition coefficient (Wildman–Crippen LogP) is 8.19. The molecule has 6 nitrogen and oxygen atoms in total. The van der Waals surface area contributed by atoms with Crippen molar-refractivity contribution < 1.29 is 30.0 Å². The summed E-state index contributed by atoms with van der Waals surface area (Å²) in [5.41, 5.74) is 0. The first kappa shape index (κ1) is 49.5. The van der Waals surface area contributed by atoms with Gasteiger partial charge in [0.2, 0.25) is 0 Å². The van der Waals surface area contributed by atoms with Crippen molar-refractivity contribution in [1.29, 1.82) is 0 Å². The number of hydrogen-bond acceptors (Lipinski definition) is 6. The van der Waals surface area contributed by atoms with E-state index in [1.54, 1.807) is 8.87 Å². The first-order chi connectivity index (χ1) is 20.9. The van der Waals surface area contributed by atoms with E-state index in [4.69, 9.17) is 10.2 Å². The van der Waals surface area contributed by atoms with Crippen LogP contribution in [0.25, 0.3) is 0 Å². The molecule has 0 aliphatic heterocycles. The third kappa shape index (κ3) is 69.7. The van der Waals surface area contributed by atoms with Crippen LogP contribution in [-0.4, -0.2) is 56.5 Å². The Morgan fingerprint density at radius 1 is 0.419 bits per heavy atom. The second-order valence-electron chi connectivity index (χ2n) is 11.5. The predicted molar refractivity (Wildman–Crippen MR) is 182 cm³/mol. The zero-order chi connectivity index (χ0) is 33.1. The maximum atomic E-state index is 10.1. The Hall–Kier alpha value is -0.341. The second kappa shape index (κ2) is 51.2. The van der Waals surface area contributed by atoms with E-state index in [9.17, 15) is 19.8 Å². The molecule has 0 atom stereocenters. The van der Waals surface area contributed by atoms with E-state index in [0.29, 0.717) is 0 Å². The fourth-order valence-electron chi connectivity index (χ4n) is 4.11. The molecular weight excluding hydrogens is 647 g/mol. The van der Waals surface area contributed by atoms with E-state index >= 15 is 0 Å². The second-order valence-corrected chi connectivity index (χ2v) is 15.8. The van der Waals surface area contributed by atoms with Crippen LogP contribution in [0.1, 0.15) is 195 Å². The van der Waals surface area contributed by atoms with E-state index in [-0.39, 0.29) is 47.2 Å². The fourth-order valence-corrected chi connectivity index (χ4v) is 8.27. The zero-order valence-electron chi connectivity index (χ0n) is 29.2. The summed E-state index contributed by atoms with van der Waals surface area (Å²) in [7, 11) is 0. The number of carbonyl (C=O) groups excluding carboxylic acids is 2. The maximum absolute atomic E-state index is 10.1. The number of carboxylic acids is 2. The number of aliphatic hydroxyl groups excluding tert-OH is 2. The Labute approximate surface area is 278 Å². The molecule has 43 heavy (non-hydrogen) atoms. The molecule has 0 aliphatic carbocycles. The minimum absolute atomic E-state index is 0.149.